The fourth-order valence-corrected chi connectivity index (χ4v) is 3.87. The number of benzene rings is 3. The van der Waals surface area contributed by atoms with Crippen LogP contribution in [0.25, 0.3) is 0 Å². The average Bonchev–Trinajstić information content (AvgIpc) is 2.89. The third-order valence-electron chi connectivity index (χ3n) is 5.79. The predicted molar refractivity (Wildman–Crippen MR) is 142 cm³/mol. The van der Waals surface area contributed by atoms with Gasteiger partial charge in [0.15, 0.2) is 0 Å². The van der Waals surface area contributed by atoms with E-state index in [1.165, 1.54) is 0 Å². The molecule has 0 bridgehead atoms. The lowest BCUT2D eigenvalue weighted by atomic mass is 10.0. The third kappa shape index (κ3) is 9.52. The van der Waals surface area contributed by atoms with Crippen LogP contribution in [0.2, 0.25) is 0 Å². The number of amides is 2. The number of aliphatic hydroxyl groups excluding tert-OH is 1. The molecule has 4 N–H and O–H groups in total. The first kappa shape index (κ1) is 26.9. The van der Waals surface area contributed by atoms with Crippen LogP contribution < -0.4 is 20.7 Å². The van der Waals surface area contributed by atoms with Crippen LogP contribution in [-0.4, -0.2) is 42.7 Å². The maximum absolute atomic E-state index is 12.7. The molecular formula is C29H35N3O4. The SMILES string of the molecule is COc1cccc(CNC[C@@H](O)[C@H](Cc2ccccc2)NC(=O)CCCC(=O)Nc2ccccc2)c1. The van der Waals surface area contributed by atoms with Crippen molar-refractivity contribution in [3.8, 4) is 5.75 Å². The Balaban J connectivity index is 1.49. The van der Waals surface area contributed by atoms with Crippen LogP contribution in [0.15, 0.2) is 84.9 Å². The number of nitrogens with one attached hydrogen (secondary N) is 3. The van der Waals surface area contributed by atoms with E-state index in [2.05, 4.69) is 16.0 Å². The maximum Gasteiger partial charge on any atom is 0.224 e. The summed E-state index contributed by atoms with van der Waals surface area (Å²) in [4.78, 5) is 24.8. The third-order valence-corrected chi connectivity index (χ3v) is 5.79. The highest BCUT2D eigenvalue weighted by Crippen LogP contribution is 2.13. The molecule has 3 aromatic rings. The highest BCUT2D eigenvalue weighted by Gasteiger charge is 2.21. The first-order valence-corrected chi connectivity index (χ1v) is 12.2. The van der Waals surface area contributed by atoms with Gasteiger partial charge in [-0.05, 0) is 48.2 Å². The summed E-state index contributed by atoms with van der Waals surface area (Å²) >= 11 is 0. The van der Waals surface area contributed by atoms with Crippen LogP contribution in [0.3, 0.4) is 0 Å². The fourth-order valence-electron chi connectivity index (χ4n) is 3.87. The monoisotopic (exact) mass is 489 g/mol. The molecule has 3 rings (SSSR count). The Hall–Kier alpha value is -3.68. The zero-order valence-electron chi connectivity index (χ0n) is 20.7. The fraction of sp³-hybridized carbons (Fsp3) is 0.310. The number of ether oxygens (including phenoxy) is 1. The smallest absolute Gasteiger partial charge is 0.224 e. The van der Waals surface area contributed by atoms with Crippen molar-refractivity contribution in [1.82, 2.24) is 10.6 Å². The molecule has 2 amide bonds. The Morgan fingerprint density at radius 1 is 0.861 bits per heavy atom. The number of carbonyl (C=O) groups excluding carboxylic acids is 2. The lowest BCUT2D eigenvalue weighted by molar-refractivity contribution is -0.122. The Labute approximate surface area is 212 Å². The molecule has 0 heterocycles. The first-order valence-electron chi connectivity index (χ1n) is 12.2. The molecular weight excluding hydrogens is 454 g/mol. The van der Waals surface area contributed by atoms with Crippen molar-refractivity contribution in [2.24, 2.45) is 0 Å². The van der Waals surface area contributed by atoms with Crippen molar-refractivity contribution in [2.75, 3.05) is 19.0 Å². The van der Waals surface area contributed by atoms with Crippen molar-refractivity contribution < 1.29 is 19.4 Å². The van der Waals surface area contributed by atoms with Gasteiger partial charge >= 0.3 is 0 Å². The molecule has 7 nitrogen and oxygen atoms in total. The molecule has 0 aliphatic carbocycles. The van der Waals surface area contributed by atoms with Gasteiger partial charge < -0.3 is 25.8 Å². The molecule has 0 unspecified atom stereocenters. The standard InChI is InChI=1S/C29H35N3O4/c1-36-25-15-8-12-23(18-25)20-30-21-27(33)26(19-22-10-4-2-5-11-22)32-29(35)17-9-16-28(34)31-24-13-6-3-7-14-24/h2-8,10-15,18,26-27,30,33H,9,16-17,19-21H2,1H3,(H,31,34)(H,32,35)/t26-,27+/m0/s1. The zero-order chi connectivity index (χ0) is 25.6. The Morgan fingerprint density at radius 3 is 2.25 bits per heavy atom. The molecule has 0 fully saturated rings. The van der Waals surface area contributed by atoms with E-state index in [0.717, 1.165) is 22.6 Å². The topological polar surface area (TPSA) is 99.7 Å². The van der Waals surface area contributed by atoms with Crippen molar-refractivity contribution in [3.05, 3.63) is 96.1 Å². The molecule has 0 aliphatic heterocycles. The van der Waals surface area contributed by atoms with E-state index in [4.69, 9.17) is 4.74 Å². The molecule has 190 valence electrons. The highest BCUT2D eigenvalue weighted by atomic mass is 16.5. The maximum atomic E-state index is 12.7. The molecule has 0 aromatic heterocycles. The van der Waals surface area contributed by atoms with Gasteiger partial charge in [-0.25, -0.2) is 0 Å². The van der Waals surface area contributed by atoms with Gasteiger partial charge in [0.25, 0.3) is 0 Å². The molecule has 3 aromatic carbocycles. The number of methoxy groups -OCH3 is 1. The summed E-state index contributed by atoms with van der Waals surface area (Å²) in [5.41, 5.74) is 2.80. The lowest BCUT2D eigenvalue weighted by Gasteiger charge is -2.25. The van der Waals surface area contributed by atoms with E-state index in [9.17, 15) is 14.7 Å². The van der Waals surface area contributed by atoms with Gasteiger partial charge in [-0.1, -0.05) is 60.7 Å². The van der Waals surface area contributed by atoms with Crippen LogP contribution >= 0.6 is 0 Å². The van der Waals surface area contributed by atoms with Gasteiger partial charge in [0.05, 0.1) is 19.3 Å². The summed E-state index contributed by atoms with van der Waals surface area (Å²) in [5.74, 6) is 0.466. The second kappa shape index (κ2) is 14.7. The molecule has 0 radical (unpaired) electrons. The Bertz CT molecular complexity index is 1080. The van der Waals surface area contributed by atoms with E-state index < -0.39 is 12.1 Å². The Kier molecular flexibility index (Phi) is 11.0. The van der Waals surface area contributed by atoms with E-state index in [0.29, 0.717) is 25.9 Å². The van der Waals surface area contributed by atoms with Crippen molar-refractivity contribution in [1.29, 1.82) is 0 Å². The average molecular weight is 490 g/mol. The van der Waals surface area contributed by atoms with Crippen LogP contribution in [0.4, 0.5) is 5.69 Å². The lowest BCUT2D eigenvalue weighted by Crippen LogP contribution is -2.48. The Morgan fingerprint density at radius 2 is 1.53 bits per heavy atom. The number of hydrogen-bond donors (Lipinski definition) is 4. The number of rotatable bonds is 14. The summed E-state index contributed by atoms with van der Waals surface area (Å²) in [6.07, 6.45) is 0.588. The predicted octanol–water partition coefficient (Wildman–Crippen LogP) is 3.68. The normalized spacial score (nSPS) is 12.4. The number of para-hydroxylation sites is 1. The van der Waals surface area contributed by atoms with E-state index in [-0.39, 0.29) is 24.7 Å². The quantitative estimate of drug-likeness (QED) is 0.277. The summed E-state index contributed by atoms with van der Waals surface area (Å²) in [6.45, 7) is 0.880. The van der Waals surface area contributed by atoms with Gasteiger partial charge in [-0.2, -0.15) is 0 Å². The summed E-state index contributed by atoms with van der Waals surface area (Å²) in [5, 5.41) is 20.0. The van der Waals surface area contributed by atoms with Crippen LogP contribution in [0, 0.1) is 0 Å². The van der Waals surface area contributed by atoms with Crippen molar-refractivity contribution in [3.63, 3.8) is 0 Å². The molecule has 0 aliphatic rings. The first-order chi connectivity index (χ1) is 17.5. The minimum atomic E-state index is -0.791. The van der Waals surface area contributed by atoms with Gasteiger partial charge in [0.2, 0.25) is 11.8 Å². The number of hydrogen-bond acceptors (Lipinski definition) is 5. The zero-order valence-corrected chi connectivity index (χ0v) is 20.7. The van der Waals surface area contributed by atoms with Gasteiger partial charge in [0.1, 0.15) is 5.75 Å². The van der Waals surface area contributed by atoms with Crippen molar-refractivity contribution >= 4 is 17.5 Å². The molecule has 0 saturated carbocycles. The van der Waals surface area contributed by atoms with E-state index >= 15 is 0 Å². The van der Waals surface area contributed by atoms with Crippen molar-refractivity contribution in [2.45, 2.75) is 44.4 Å². The van der Waals surface area contributed by atoms with Gasteiger partial charge in [-0.3, -0.25) is 9.59 Å². The molecule has 0 saturated heterocycles. The summed E-state index contributed by atoms with van der Waals surface area (Å²) < 4.78 is 5.26. The molecule has 2 atom stereocenters. The molecule has 0 spiro atoms. The van der Waals surface area contributed by atoms with E-state index in [1.54, 1.807) is 7.11 Å². The van der Waals surface area contributed by atoms with Gasteiger partial charge in [-0.15, -0.1) is 0 Å². The minimum Gasteiger partial charge on any atom is -0.497 e. The number of aliphatic hydroxyl groups is 1. The second-order valence-electron chi connectivity index (χ2n) is 8.68. The van der Waals surface area contributed by atoms with Crippen LogP contribution in [-0.2, 0) is 22.6 Å². The van der Waals surface area contributed by atoms with Crippen LogP contribution in [0.1, 0.15) is 30.4 Å². The van der Waals surface area contributed by atoms with E-state index in [1.807, 2.05) is 84.9 Å². The second-order valence-corrected chi connectivity index (χ2v) is 8.68. The summed E-state index contributed by atoms with van der Waals surface area (Å²) in [6, 6.07) is 26.3. The number of anilines is 1. The highest BCUT2D eigenvalue weighted by molar-refractivity contribution is 5.90. The largest absolute Gasteiger partial charge is 0.497 e. The summed E-state index contributed by atoms with van der Waals surface area (Å²) in [7, 11) is 1.63. The minimum absolute atomic E-state index is 0.128. The number of carbonyl (C=O) groups is 2. The van der Waals surface area contributed by atoms with Gasteiger partial charge in [0, 0.05) is 31.6 Å². The molecule has 7 heteroatoms. The van der Waals surface area contributed by atoms with Crippen LogP contribution in [0.5, 0.6) is 5.75 Å². The molecule has 36 heavy (non-hydrogen) atoms.